The number of rotatable bonds is 3. The summed E-state index contributed by atoms with van der Waals surface area (Å²) in [5.41, 5.74) is 6.63. The Hall–Kier alpha value is -2.72. The fourth-order valence-electron chi connectivity index (χ4n) is 1.75. The number of benzene rings is 2. The van der Waals surface area contributed by atoms with Crippen molar-refractivity contribution in [1.82, 2.24) is 0 Å². The minimum absolute atomic E-state index is 0.0204. The lowest BCUT2D eigenvalue weighted by Gasteiger charge is -2.10. The molecule has 0 bridgehead atoms. The Labute approximate surface area is 122 Å². The molecule has 4 N–H and O–H groups in total. The predicted molar refractivity (Wildman–Crippen MR) is 79.2 cm³/mol. The molecule has 2 aromatic carbocycles. The van der Waals surface area contributed by atoms with Gasteiger partial charge in [-0.1, -0.05) is 6.07 Å². The Kier molecular flexibility index (Phi) is 3.74. The second kappa shape index (κ2) is 5.34. The molecule has 0 spiro atoms. The van der Waals surface area contributed by atoms with E-state index < -0.39 is 10.0 Å². The fourth-order valence-corrected chi connectivity index (χ4v) is 2.94. The summed E-state index contributed by atoms with van der Waals surface area (Å²) >= 11 is 0. The number of hydrogen-bond acceptors (Lipinski definition) is 5. The van der Waals surface area contributed by atoms with Gasteiger partial charge in [0.1, 0.15) is 16.7 Å². The molecule has 0 fully saturated rings. The fraction of sp³-hybridized carbons (Fsp3) is 0.0714. The third-order valence-corrected chi connectivity index (χ3v) is 4.31. The van der Waals surface area contributed by atoms with E-state index in [1.807, 2.05) is 0 Å². The van der Waals surface area contributed by atoms with E-state index in [4.69, 9.17) is 11.0 Å². The second-order valence-corrected chi connectivity index (χ2v) is 6.12. The molecule has 0 amide bonds. The maximum atomic E-state index is 12.3. The van der Waals surface area contributed by atoms with Gasteiger partial charge >= 0.3 is 0 Å². The molecule has 6 nitrogen and oxygen atoms in total. The topological polar surface area (TPSA) is 116 Å². The summed E-state index contributed by atoms with van der Waals surface area (Å²) < 4.78 is 26.9. The molecule has 0 saturated carbocycles. The molecule has 2 rings (SSSR count). The lowest BCUT2D eigenvalue weighted by atomic mass is 10.2. The van der Waals surface area contributed by atoms with Crippen LogP contribution < -0.4 is 10.5 Å². The van der Waals surface area contributed by atoms with Crippen molar-refractivity contribution in [3.8, 4) is 11.8 Å². The summed E-state index contributed by atoms with van der Waals surface area (Å²) in [5.74, 6) is -0.0204. The molecule has 0 atom stereocenters. The van der Waals surface area contributed by atoms with E-state index in [2.05, 4.69) is 4.72 Å². The van der Waals surface area contributed by atoms with E-state index in [1.54, 1.807) is 19.1 Å². The molecule has 0 heterocycles. The zero-order chi connectivity index (χ0) is 15.6. The van der Waals surface area contributed by atoms with Crippen LogP contribution in [0, 0.1) is 18.3 Å². The first-order valence-corrected chi connectivity index (χ1v) is 7.44. The number of sulfonamides is 1. The van der Waals surface area contributed by atoms with Crippen LogP contribution in [0.15, 0.2) is 41.3 Å². The van der Waals surface area contributed by atoms with Crippen LogP contribution in [0.4, 0.5) is 11.4 Å². The Morgan fingerprint density at radius 1 is 1.24 bits per heavy atom. The minimum atomic E-state index is -3.94. The van der Waals surface area contributed by atoms with Crippen molar-refractivity contribution in [2.75, 3.05) is 10.5 Å². The number of aryl methyl sites for hydroxylation is 1. The molecule has 2 aromatic rings. The Balaban J connectivity index is 2.43. The lowest BCUT2D eigenvalue weighted by molar-refractivity contribution is 0.471. The molecular formula is C14H13N3O3S. The number of nitriles is 1. The summed E-state index contributed by atoms with van der Waals surface area (Å²) in [6, 6.07) is 10.2. The monoisotopic (exact) mass is 303 g/mol. The van der Waals surface area contributed by atoms with E-state index in [9.17, 15) is 13.5 Å². The molecule has 108 valence electrons. The number of phenolic OH excluding ortho intramolecular Hbond substituents is 1. The number of nitrogen functional groups attached to an aromatic ring is 1. The van der Waals surface area contributed by atoms with Gasteiger partial charge in [0, 0.05) is 11.8 Å². The average molecular weight is 303 g/mol. The highest BCUT2D eigenvalue weighted by Crippen LogP contribution is 2.25. The van der Waals surface area contributed by atoms with E-state index in [-0.39, 0.29) is 21.9 Å². The van der Waals surface area contributed by atoms with Crippen LogP contribution in [0.1, 0.15) is 11.1 Å². The molecule has 0 radical (unpaired) electrons. The van der Waals surface area contributed by atoms with Gasteiger partial charge in [0.15, 0.2) is 0 Å². The van der Waals surface area contributed by atoms with Crippen molar-refractivity contribution < 1.29 is 13.5 Å². The van der Waals surface area contributed by atoms with E-state index in [0.29, 0.717) is 11.3 Å². The maximum Gasteiger partial charge on any atom is 0.263 e. The highest BCUT2D eigenvalue weighted by Gasteiger charge is 2.19. The molecule has 0 aliphatic heterocycles. The molecule has 0 aliphatic carbocycles. The predicted octanol–water partition coefficient (Wildman–Crippen LogP) is 1.96. The van der Waals surface area contributed by atoms with E-state index in [0.717, 1.165) is 0 Å². The van der Waals surface area contributed by atoms with Gasteiger partial charge in [-0.25, -0.2) is 8.42 Å². The minimum Gasteiger partial charge on any atom is -0.508 e. The van der Waals surface area contributed by atoms with Gasteiger partial charge in [-0.3, -0.25) is 4.72 Å². The van der Waals surface area contributed by atoms with Gasteiger partial charge in [0.2, 0.25) is 0 Å². The number of aromatic hydroxyl groups is 1. The molecule has 0 aromatic heterocycles. The molecule has 0 saturated heterocycles. The average Bonchev–Trinajstić information content (AvgIpc) is 2.42. The maximum absolute atomic E-state index is 12.3. The third-order valence-electron chi connectivity index (χ3n) is 2.87. The first kappa shape index (κ1) is 14.7. The standard InChI is InChI=1S/C14H13N3O3S/c1-9-2-4-12(7-13(9)18)17-21(19,20)14-5-3-11(16)6-10(14)8-15/h2-7,17-18H,16H2,1H3. The highest BCUT2D eigenvalue weighted by molar-refractivity contribution is 7.92. The number of phenols is 1. The van der Waals surface area contributed by atoms with Gasteiger partial charge in [0.25, 0.3) is 10.0 Å². The van der Waals surface area contributed by atoms with Gasteiger partial charge in [-0.15, -0.1) is 0 Å². The molecule has 0 unspecified atom stereocenters. The summed E-state index contributed by atoms with van der Waals surface area (Å²) in [7, 11) is -3.94. The van der Waals surface area contributed by atoms with Crippen molar-refractivity contribution >= 4 is 21.4 Å². The highest BCUT2D eigenvalue weighted by atomic mass is 32.2. The van der Waals surface area contributed by atoms with Crippen LogP contribution in [-0.2, 0) is 10.0 Å². The van der Waals surface area contributed by atoms with Crippen LogP contribution in [0.25, 0.3) is 0 Å². The summed E-state index contributed by atoms with van der Waals surface area (Å²) in [6.45, 7) is 1.70. The van der Waals surface area contributed by atoms with Crippen LogP contribution >= 0.6 is 0 Å². The van der Waals surface area contributed by atoms with E-state index >= 15 is 0 Å². The van der Waals surface area contributed by atoms with Crippen molar-refractivity contribution in [2.24, 2.45) is 0 Å². The lowest BCUT2D eigenvalue weighted by Crippen LogP contribution is -2.14. The Bertz CT molecular complexity index is 839. The van der Waals surface area contributed by atoms with Crippen LogP contribution in [-0.4, -0.2) is 13.5 Å². The largest absolute Gasteiger partial charge is 0.508 e. The van der Waals surface area contributed by atoms with Crippen molar-refractivity contribution in [3.63, 3.8) is 0 Å². The molecule has 21 heavy (non-hydrogen) atoms. The van der Waals surface area contributed by atoms with Gasteiger partial charge in [-0.05, 0) is 36.8 Å². The summed E-state index contributed by atoms with van der Waals surface area (Å²) in [5, 5.41) is 18.6. The molecule has 0 aliphatic rings. The Morgan fingerprint density at radius 2 is 1.95 bits per heavy atom. The smallest absolute Gasteiger partial charge is 0.263 e. The zero-order valence-corrected chi connectivity index (χ0v) is 12.0. The SMILES string of the molecule is Cc1ccc(NS(=O)(=O)c2ccc(N)cc2C#N)cc1O. The number of nitrogens with two attached hydrogens (primary N) is 1. The first-order valence-electron chi connectivity index (χ1n) is 5.95. The number of nitrogens with zero attached hydrogens (tertiary/aromatic N) is 1. The van der Waals surface area contributed by atoms with Crippen LogP contribution in [0.3, 0.4) is 0 Å². The number of anilines is 2. The Morgan fingerprint density at radius 3 is 2.57 bits per heavy atom. The second-order valence-electron chi connectivity index (χ2n) is 4.47. The summed E-state index contributed by atoms with van der Waals surface area (Å²) in [6.07, 6.45) is 0. The van der Waals surface area contributed by atoms with E-state index in [1.165, 1.54) is 30.3 Å². The first-order chi connectivity index (χ1) is 9.83. The molecule has 7 heteroatoms. The van der Waals surface area contributed by atoms with Gasteiger partial charge in [0.05, 0.1) is 11.3 Å². The van der Waals surface area contributed by atoms with Crippen molar-refractivity contribution in [1.29, 1.82) is 5.26 Å². The van der Waals surface area contributed by atoms with Crippen molar-refractivity contribution in [3.05, 3.63) is 47.5 Å². The molecular weight excluding hydrogens is 290 g/mol. The number of hydrogen-bond donors (Lipinski definition) is 3. The number of nitrogens with one attached hydrogen (secondary N) is 1. The summed E-state index contributed by atoms with van der Waals surface area (Å²) in [4.78, 5) is -0.167. The van der Waals surface area contributed by atoms with Gasteiger partial charge < -0.3 is 10.8 Å². The van der Waals surface area contributed by atoms with Gasteiger partial charge in [-0.2, -0.15) is 5.26 Å². The zero-order valence-electron chi connectivity index (χ0n) is 11.2. The van der Waals surface area contributed by atoms with Crippen LogP contribution in [0.5, 0.6) is 5.75 Å². The van der Waals surface area contributed by atoms with Crippen molar-refractivity contribution in [2.45, 2.75) is 11.8 Å². The van der Waals surface area contributed by atoms with Crippen LogP contribution in [0.2, 0.25) is 0 Å². The normalized spacial score (nSPS) is 10.9. The third kappa shape index (κ3) is 3.07. The quantitative estimate of drug-likeness (QED) is 0.749.